The zero-order valence-electron chi connectivity index (χ0n) is 42.9. The van der Waals surface area contributed by atoms with E-state index in [1.807, 2.05) is 6.07 Å². The number of rotatable bonds is 21. The standard InChI is InChI=1S/C55H55N13O11S/c1-2-78-53(75)47-48(73)43(80-52(47)64-36-6-4-3-5-7-36)25-32-8-17-42(41(69)24-32)79-23-22-56-44(70)29-61-45(71)30-62-46(72)31-63-51(74)35-26-39(67-54(76)65-37-13-9-33(10-14-37)49-57-18-19-58-49)28-40(27-35)68-55(77)66-38-15-11-34(12-16-38)50-59-20-21-60-50/h3-17,24-28,69,73H,2,18-23,29-31H2,1H3,(H,56,70)(H,57,58)(H,59,60)(H,61,71)(H,62,72)(H,63,74)(H2,65,67,76)(H2,66,68,77)/b43-25-,64-52?. The van der Waals surface area contributed by atoms with Crippen LogP contribution < -0.4 is 57.9 Å². The zero-order valence-corrected chi connectivity index (χ0v) is 43.8. The predicted molar refractivity (Wildman–Crippen MR) is 304 cm³/mol. The quantitative estimate of drug-likeness (QED) is 0.0349. The van der Waals surface area contributed by atoms with E-state index in [0.717, 1.165) is 47.6 Å². The average molecular weight is 1110 g/mol. The summed E-state index contributed by atoms with van der Waals surface area (Å²) in [6.07, 6.45) is 1.57. The molecule has 0 bridgehead atoms. The van der Waals surface area contributed by atoms with Crippen LogP contribution in [0.5, 0.6) is 11.5 Å². The van der Waals surface area contributed by atoms with Gasteiger partial charge in [-0.1, -0.05) is 36.0 Å². The number of phenols is 1. The van der Waals surface area contributed by atoms with Crippen molar-refractivity contribution in [1.82, 2.24) is 31.9 Å². The van der Waals surface area contributed by atoms with Crippen LogP contribution in [0.1, 0.15) is 34.0 Å². The minimum Gasteiger partial charge on any atom is -0.506 e. The number of aromatic hydroxyl groups is 1. The van der Waals surface area contributed by atoms with Crippen molar-refractivity contribution in [2.45, 2.75) is 6.92 Å². The number of amides is 8. The van der Waals surface area contributed by atoms with Gasteiger partial charge in [0.15, 0.2) is 11.5 Å². The Morgan fingerprint density at radius 3 is 1.74 bits per heavy atom. The number of esters is 1. The Morgan fingerprint density at radius 2 is 1.20 bits per heavy atom. The van der Waals surface area contributed by atoms with Crippen LogP contribution in [-0.4, -0.2) is 134 Å². The second-order valence-corrected chi connectivity index (χ2v) is 18.4. The van der Waals surface area contributed by atoms with Crippen LogP contribution in [0.2, 0.25) is 0 Å². The number of amidine groups is 2. The second-order valence-electron chi connectivity index (χ2n) is 17.4. The van der Waals surface area contributed by atoms with Crippen LogP contribution >= 0.6 is 11.8 Å². The molecule has 0 fully saturated rings. The number of carbonyl (C=O) groups is 7. The van der Waals surface area contributed by atoms with Crippen molar-refractivity contribution in [2.75, 3.05) is 86.8 Å². The van der Waals surface area contributed by atoms with Gasteiger partial charge in [0.1, 0.15) is 34.7 Å². The molecule has 0 aromatic heterocycles. The van der Waals surface area contributed by atoms with Gasteiger partial charge >= 0.3 is 18.0 Å². The first kappa shape index (κ1) is 56.0. The Bertz CT molecular complexity index is 3230. The molecule has 24 nitrogen and oxygen atoms in total. The van der Waals surface area contributed by atoms with Crippen LogP contribution in [0.25, 0.3) is 6.08 Å². The van der Waals surface area contributed by atoms with E-state index in [-0.39, 0.29) is 64.6 Å². The normalized spacial score (nSPS) is 14.4. The first-order valence-corrected chi connectivity index (χ1v) is 25.9. The molecule has 3 aliphatic heterocycles. The van der Waals surface area contributed by atoms with Crippen LogP contribution in [0.4, 0.5) is 38.0 Å². The topological polar surface area (TPSA) is 336 Å². The fourth-order valence-corrected chi connectivity index (χ4v) is 8.80. The van der Waals surface area contributed by atoms with Crippen molar-refractivity contribution in [3.63, 3.8) is 0 Å². The van der Waals surface area contributed by atoms with Gasteiger partial charge in [-0.2, -0.15) is 0 Å². The number of benzene rings is 5. The molecule has 412 valence electrons. The number of carbonyl (C=O) groups excluding carboxylic acids is 7. The molecule has 0 aliphatic carbocycles. The fourth-order valence-electron chi connectivity index (χ4n) is 7.76. The van der Waals surface area contributed by atoms with Gasteiger partial charge in [0, 0.05) is 52.5 Å². The lowest BCUT2D eigenvalue weighted by Crippen LogP contribution is -2.44. The first-order valence-electron chi connectivity index (χ1n) is 25.0. The highest BCUT2D eigenvalue weighted by Gasteiger charge is 2.33. The van der Waals surface area contributed by atoms with Crippen LogP contribution in [-0.2, 0) is 23.9 Å². The number of anilines is 4. The molecule has 0 spiro atoms. The van der Waals surface area contributed by atoms with Gasteiger partial charge in [-0.25, -0.2) is 19.4 Å². The number of para-hydroxylation sites is 1. The minimum absolute atomic E-state index is 0.00382. The first-order chi connectivity index (χ1) is 38.8. The summed E-state index contributed by atoms with van der Waals surface area (Å²) in [6, 6.07) is 30.3. The summed E-state index contributed by atoms with van der Waals surface area (Å²) in [5, 5.41) is 48.9. The van der Waals surface area contributed by atoms with Crippen molar-refractivity contribution >= 4 is 105 Å². The Labute approximate surface area is 462 Å². The van der Waals surface area contributed by atoms with Gasteiger partial charge in [-0.3, -0.25) is 29.2 Å². The molecule has 0 atom stereocenters. The number of nitrogens with zero attached hydrogens (tertiary/aromatic N) is 3. The molecule has 80 heavy (non-hydrogen) atoms. The number of thioether (sulfide) groups is 1. The summed E-state index contributed by atoms with van der Waals surface area (Å²) < 4.78 is 10.8. The molecule has 0 unspecified atom stereocenters. The Morgan fingerprint density at radius 1 is 0.650 bits per heavy atom. The van der Waals surface area contributed by atoms with Gasteiger partial charge in [-0.15, -0.1) is 0 Å². The second kappa shape index (κ2) is 27.2. The molecule has 0 saturated carbocycles. The van der Waals surface area contributed by atoms with Crippen molar-refractivity contribution in [1.29, 1.82) is 0 Å². The monoisotopic (exact) mass is 1110 g/mol. The Balaban J connectivity index is 0.775. The minimum atomic E-state index is -0.755. The molecule has 3 aliphatic rings. The van der Waals surface area contributed by atoms with Crippen molar-refractivity contribution in [3.05, 3.63) is 154 Å². The van der Waals surface area contributed by atoms with E-state index < -0.39 is 61.3 Å². The molecule has 12 N–H and O–H groups in total. The number of urea groups is 2. The lowest BCUT2D eigenvalue weighted by Gasteiger charge is -2.14. The number of hydrogen-bond acceptors (Lipinski definition) is 17. The van der Waals surface area contributed by atoms with Crippen LogP contribution in [0.15, 0.2) is 146 Å². The number of nitrogens with one attached hydrogen (secondary N) is 10. The summed E-state index contributed by atoms with van der Waals surface area (Å²) in [7, 11) is 0. The van der Waals surface area contributed by atoms with E-state index in [1.54, 1.807) is 91.9 Å². The van der Waals surface area contributed by atoms with E-state index in [1.165, 1.54) is 30.3 Å². The maximum atomic E-state index is 13.4. The molecule has 8 amide bonds. The molecule has 0 radical (unpaired) electrons. The molecular formula is C55H55N13O11S. The highest BCUT2D eigenvalue weighted by atomic mass is 32.2. The zero-order chi connectivity index (χ0) is 56.4. The summed E-state index contributed by atoms with van der Waals surface area (Å²) >= 11 is 1.07. The summed E-state index contributed by atoms with van der Waals surface area (Å²) in [5.74, 6) is -2.43. The lowest BCUT2D eigenvalue weighted by atomic mass is 10.1. The van der Waals surface area contributed by atoms with E-state index in [9.17, 15) is 43.8 Å². The van der Waals surface area contributed by atoms with E-state index >= 15 is 0 Å². The molecule has 25 heteroatoms. The smallest absolute Gasteiger partial charge is 0.344 e. The molecular weight excluding hydrogens is 1050 g/mol. The van der Waals surface area contributed by atoms with E-state index in [0.29, 0.717) is 40.6 Å². The molecule has 3 heterocycles. The highest BCUT2D eigenvalue weighted by Crippen LogP contribution is 2.41. The highest BCUT2D eigenvalue weighted by molar-refractivity contribution is 8.18. The number of aliphatic hydroxyl groups is 1. The average Bonchev–Trinajstić information content (AvgIpc) is 4.26. The summed E-state index contributed by atoms with van der Waals surface area (Å²) in [5.41, 5.74) is 3.84. The third-order valence-corrected chi connectivity index (χ3v) is 12.5. The number of aliphatic imine (C=N–C) groups is 3. The number of hydrogen-bond donors (Lipinski definition) is 12. The van der Waals surface area contributed by atoms with Gasteiger partial charge in [0.25, 0.3) is 5.91 Å². The number of aliphatic hydroxyl groups excluding tert-OH is 1. The van der Waals surface area contributed by atoms with Gasteiger partial charge in [-0.05, 0) is 110 Å². The van der Waals surface area contributed by atoms with Crippen molar-refractivity contribution in [3.8, 4) is 11.5 Å². The Hall–Kier alpha value is -10.2. The number of phenolic OH excluding ortho intramolecular Hbond substituents is 1. The molecule has 0 saturated heterocycles. The van der Waals surface area contributed by atoms with Gasteiger partial charge in [0.05, 0.1) is 56.5 Å². The SMILES string of the molecule is CCOC(=O)C1=C(O)/C(=C/c2ccc(OCCNC(=O)CNC(=O)CNC(=O)CNC(=O)c3cc(NC(=O)Nc4ccc(C5=NCCN5)cc4)cc(NC(=O)Nc4ccc(C5=NCCN5)cc4)c3)c(O)c2)SC1=Nc1ccccc1. The summed E-state index contributed by atoms with van der Waals surface area (Å²) in [4.78, 5) is 104. The van der Waals surface area contributed by atoms with E-state index in [4.69, 9.17) is 9.47 Å². The molecule has 8 rings (SSSR count). The maximum Gasteiger partial charge on any atom is 0.344 e. The fraction of sp³-hybridized carbons (Fsp3) is 0.200. The maximum absolute atomic E-state index is 13.4. The van der Waals surface area contributed by atoms with Gasteiger partial charge in [0.2, 0.25) is 17.7 Å². The third kappa shape index (κ3) is 15.9. The van der Waals surface area contributed by atoms with Crippen LogP contribution in [0.3, 0.4) is 0 Å². The largest absolute Gasteiger partial charge is 0.506 e. The van der Waals surface area contributed by atoms with E-state index in [2.05, 4.69) is 68.1 Å². The lowest BCUT2D eigenvalue weighted by molar-refractivity contribution is -0.138. The van der Waals surface area contributed by atoms with Crippen LogP contribution in [0, 0.1) is 0 Å². The van der Waals surface area contributed by atoms with Crippen molar-refractivity contribution in [2.24, 2.45) is 15.0 Å². The third-order valence-electron chi connectivity index (χ3n) is 11.5. The predicted octanol–water partition coefficient (Wildman–Crippen LogP) is 4.73. The Kier molecular flexibility index (Phi) is 19.1. The number of ether oxygens (including phenoxy) is 2. The molecule has 5 aromatic carbocycles. The summed E-state index contributed by atoms with van der Waals surface area (Å²) in [6.45, 7) is 2.99. The van der Waals surface area contributed by atoms with Gasteiger partial charge < -0.3 is 72.9 Å². The molecule has 5 aromatic rings. The van der Waals surface area contributed by atoms with Crippen molar-refractivity contribution < 1.29 is 53.2 Å².